The Bertz CT molecular complexity index is 115. The number of carbonyl (C=O) groups excluding carboxylic acids is 1. The molecule has 6 heavy (non-hydrogen) atoms. The van der Waals surface area contributed by atoms with Gasteiger partial charge in [0.15, 0.2) is 0 Å². The van der Waals surface area contributed by atoms with Crippen molar-refractivity contribution >= 4 is 6.04 Å². The minimum Gasteiger partial charge on any atom is -0.256 e. The van der Waals surface area contributed by atoms with Crippen molar-refractivity contribution < 1.29 is 9.18 Å². The van der Waals surface area contributed by atoms with Crippen LogP contribution in [0.2, 0.25) is 0 Å². The largest absolute Gasteiger partial charge is 0.328 e. The number of hydrogen-bond donors (Lipinski definition) is 0. The van der Waals surface area contributed by atoms with E-state index in [9.17, 15) is 9.18 Å². The summed E-state index contributed by atoms with van der Waals surface area (Å²) in [6.45, 7) is 0. The first-order chi connectivity index (χ1) is 2.80. The predicted octanol–water partition coefficient (Wildman–Crippen LogP) is 0.813. The van der Waals surface area contributed by atoms with Gasteiger partial charge in [-0.1, -0.05) is 6.08 Å². The van der Waals surface area contributed by atoms with Gasteiger partial charge in [0.2, 0.25) is 0 Å². The zero-order chi connectivity index (χ0) is 4.57. The molecular weight excluding hydrogens is 83.0 g/mol. The standard InChI is InChI=1S/C4H3FO/c5-4(6)3-1-2-3/h1H,2H2. The number of halogens is 1. The quantitative estimate of drug-likeness (QED) is 0.431. The molecular formula is C4H3FO. The second kappa shape index (κ2) is 0.899. The fraction of sp³-hybridized carbons (Fsp3) is 0.250. The number of rotatable bonds is 1. The highest BCUT2D eigenvalue weighted by molar-refractivity contribution is 5.91. The third-order valence-corrected chi connectivity index (χ3v) is 0.661. The van der Waals surface area contributed by atoms with Crippen LogP contribution in [0.5, 0.6) is 0 Å². The molecule has 1 aliphatic rings. The summed E-state index contributed by atoms with van der Waals surface area (Å²) in [6, 6.07) is -1.27. The monoisotopic (exact) mass is 86.0 g/mol. The van der Waals surface area contributed by atoms with E-state index in [2.05, 4.69) is 0 Å². The van der Waals surface area contributed by atoms with Gasteiger partial charge in [0.25, 0.3) is 0 Å². The second-order valence-corrected chi connectivity index (χ2v) is 1.21. The summed E-state index contributed by atoms with van der Waals surface area (Å²) in [5.74, 6) is 0. The fourth-order valence-corrected chi connectivity index (χ4v) is 0.212. The zero-order valence-corrected chi connectivity index (χ0v) is 3.07. The summed E-state index contributed by atoms with van der Waals surface area (Å²) in [6.07, 6.45) is 2.12. The van der Waals surface area contributed by atoms with Gasteiger partial charge in [0.1, 0.15) is 0 Å². The van der Waals surface area contributed by atoms with Crippen LogP contribution in [0.4, 0.5) is 4.39 Å². The summed E-state index contributed by atoms with van der Waals surface area (Å²) in [5, 5.41) is 0. The lowest BCUT2D eigenvalue weighted by atomic mass is 10.5. The average Bonchev–Trinajstić information content (AvgIpc) is 2.06. The van der Waals surface area contributed by atoms with Crippen LogP contribution in [0.15, 0.2) is 11.6 Å². The van der Waals surface area contributed by atoms with Gasteiger partial charge in [-0.25, -0.2) is 0 Å². The molecule has 0 N–H and O–H groups in total. The van der Waals surface area contributed by atoms with E-state index in [0.717, 1.165) is 0 Å². The highest BCUT2D eigenvalue weighted by atomic mass is 19.1. The molecule has 2 heteroatoms. The number of carbonyl (C=O) groups is 1. The van der Waals surface area contributed by atoms with Crippen molar-refractivity contribution in [1.82, 2.24) is 0 Å². The highest BCUT2D eigenvalue weighted by Gasteiger charge is 2.14. The Balaban J connectivity index is 2.52. The lowest BCUT2D eigenvalue weighted by molar-refractivity contribution is -0.124. The predicted molar refractivity (Wildman–Crippen MR) is 18.8 cm³/mol. The minimum atomic E-state index is -1.27. The van der Waals surface area contributed by atoms with Gasteiger partial charge in [-0.3, -0.25) is 4.79 Å². The summed E-state index contributed by atoms with van der Waals surface area (Å²) in [5.41, 5.74) is 0.329. The molecule has 0 unspecified atom stereocenters. The average molecular weight is 86.1 g/mol. The molecule has 32 valence electrons. The molecule has 0 aromatic rings. The molecule has 0 aromatic heterocycles. The summed E-state index contributed by atoms with van der Waals surface area (Å²) < 4.78 is 11.2. The molecule has 0 heterocycles. The Morgan fingerprint density at radius 1 is 2.00 bits per heavy atom. The van der Waals surface area contributed by atoms with E-state index >= 15 is 0 Å². The van der Waals surface area contributed by atoms with Crippen LogP contribution in [0.3, 0.4) is 0 Å². The van der Waals surface area contributed by atoms with E-state index in [1.165, 1.54) is 0 Å². The van der Waals surface area contributed by atoms with E-state index in [1.807, 2.05) is 0 Å². The normalized spacial score (nSPS) is 16.5. The van der Waals surface area contributed by atoms with Crippen LogP contribution in [-0.4, -0.2) is 6.04 Å². The zero-order valence-electron chi connectivity index (χ0n) is 3.07. The Kier molecular flexibility index (Phi) is 0.528. The van der Waals surface area contributed by atoms with Crippen LogP contribution in [0.1, 0.15) is 6.42 Å². The molecule has 0 atom stereocenters. The Labute approximate surface area is 34.5 Å². The maximum absolute atomic E-state index is 11.2. The molecule has 0 fully saturated rings. The molecule has 0 aliphatic heterocycles. The fourth-order valence-electron chi connectivity index (χ4n) is 0.212. The summed E-state index contributed by atoms with van der Waals surface area (Å²) in [7, 11) is 0. The third kappa shape index (κ3) is 0.455. The number of hydrogen-bond acceptors (Lipinski definition) is 1. The second-order valence-electron chi connectivity index (χ2n) is 1.21. The van der Waals surface area contributed by atoms with Crippen molar-refractivity contribution in [3.8, 4) is 0 Å². The highest BCUT2D eigenvalue weighted by Crippen LogP contribution is 2.18. The first-order valence-corrected chi connectivity index (χ1v) is 1.69. The van der Waals surface area contributed by atoms with Gasteiger partial charge in [-0.2, -0.15) is 4.39 Å². The van der Waals surface area contributed by atoms with Gasteiger partial charge < -0.3 is 0 Å². The molecule has 0 radical (unpaired) electrons. The van der Waals surface area contributed by atoms with E-state index in [1.54, 1.807) is 6.08 Å². The molecule has 1 nitrogen and oxygen atoms in total. The molecule has 0 amide bonds. The van der Waals surface area contributed by atoms with Crippen molar-refractivity contribution in [2.24, 2.45) is 0 Å². The number of allylic oxidation sites excluding steroid dienone is 2. The smallest absolute Gasteiger partial charge is 0.256 e. The van der Waals surface area contributed by atoms with E-state index in [0.29, 0.717) is 12.0 Å². The Morgan fingerprint density at radius 2 is 2.50 bits per heavy atom. The van der Waals surface area contributed by atoms with Crippen LogP contribution < -0.4 is 0 Å². The van der Waals surface area contributed by atoms with E-state index in [-0.39, 0.29) is 0 Å². The van der Waals surface area contributed by atoms with Crippen molar-refractivity contribution in [1.29, 1.82) is 0 Å². The first-order valence-electron chi connectivity index (χ1n) is 1.69. The molecule has 0 aromatic carbocycles. The lowest BCUT2D eigenvalue weighted by Gasteiger charge is -1.65. The van der Waals surface area contributed by atoms with Crippen LogP contribution >= 0.6 is 0 Å². The molecule has 0 saturated carbocycles. The van der Waals surface area contributed by atoms with Crippen LogP contribution in [0, 0.1) is 0 Å². The maximum Gasteiger partial charge on any atom is 0.328 e. The third-order valence-electron chi connectivity index (χ3n) is 0.661. The van der Waals surface area contributed by atoms with Gasteiger partial charge in [0, 0.05) is 5.57 Å². The van der Waals surface area contributed by atoms with Crippen LogP contribution in [0.25, 0.3) is 0 Å². The van der Waals surface area contributed by atoms with Gasteiger partial charge in [0.05, 0.1) is 0 Å². The molecule has 1 aliphatic carbocycles. The lowest BCUT2D eigenvalue weighted by Crippen LogP contribution is -1.77. The maximum atomic E-state index is 11.2. The van der Waals surface area contributed by atoms with Gasteiger partial charge in [-0.05, 0) is 6.42 Å². The topological polar surface area (TPSA) is 17.1 Å². The first kappa shape index (κ1) is 3.53. The van der Waals surface area contributed by atoms with Gasteiger partial charge in [-0.15, -0.1) is 0 Å². The molecule has 1 rings (SSSR count). The SMILES string of the molecule is O=C(F)C1=CC1. The Morgan fingerprint density at radius 3 is 2.50 bits per heavy atom. The van der Waals surface area contributed by atoms with Crippen molar-refractivity contribution in [3.63, 3.8) is 0 Å². The van der Waals surface area contributed by atoms with E-state index < -0.39 is 6.04 Å². The molecule has 0 saturated heterocycles. The molecule has 0 spiro atoms. The molecule has 0 bridgehead atoms. The summed E-state index contributed by atoms with van der Waals surface area (Å²) >= 11 is 0. The van der Waals surface area contributed by atoms with Gasteiger partial charge >= 0.3 is 6.04 Å². The van der Waals surface area contributed by atoms with Crippen molar-refractivity contribution in [2.75, 3.05) is 0 Å². The van der Waals surface area contributed by atoms with Crippen molar-refractivity contribution in [3.05, 3.63) is 11.6 Å². The van der Waals surface area contributed by atoms with Crippen LogP contribution in [-0.2, 0) is 4.79 Å². The minimum absolute atomic E-state index is 0.329. The van der Waals surface area contributed by atoms with Crippen molar-refractivity contribution in [2.45, 2.75) is 6.42 Å². The van der Waals surface area contributed by atoms with E-state index in [4.69, 9.17) is 0 Å². The Hall–Kier alpha value is -0.660. The summed E-state index contributed by atoms with van der Waals surface area (Å²) in [4.78, 5) is 9.47.